The minimum absolute atomic E-state index is 0.0131. The Morgan fingerprint density at radius 1 is 1.30 bits per heavy atom. The summed E-state index contributed by atoms with van der Waals surface area (Å²) in [6.07, 6.45) is 0.148. The van der Waals surface area contributed by atoms with Crippen LogP contribution in [0.2, 0.25) is 0 Å². The predicted molar refractivity (Wildman–Crippen MR) is 101 cm³/mol. The van der Waals surface area contributed by atoms with Crippen molar-refractivity contribution >= 4 is 17.7 Å². The standard InChI is InChI=1S/C17H25N3O3.C2HF3O2/c1-19(2)17(21)12-22-11-13-6-7-14-15(23-13)8-10-20(14)16-5-3-4-9-18-16;3-2(4,5)1(6)7/h3-5,9,13-15H,6-8,10-12H2,1-2H3;(H,6,7)/t13-,14-,15-;/m0./s1. The molecule has 3 atom stereocenters. The lowest BCUT2D eigenvalue weighted by Crippen LogP contribution is -2.44. The van der Waals surface area contributed by atoms with Gasteiger partial charge in [0.05, 0.1) is 24.9 Å². The molecule has 0 aliphatic carbocycles. The molecule has 1 aromatic heterocycles. The molecule has 2 fully saturated rings. The Morgan fingerprint density at radius 3 is 2.57 bits per heavy atom. The van der Waals surface area contributed by atoms with Crippen LogP contribution >= 0.6 is 0 Å². The molecule has 0 radical (unpaired) electrons. The van der Waals surface area contributed by atoms with Crippen molar-refractivity contribution in [2.75, 3.05) is 38.8 Å². The molecule has 0 bridgehead atoms. The summed E-state index contributed by atoms with van der Waals surface area (Å²) in [4.78, 5) is 28.8. The van der Waals surface area contributed by atoms with E-state index in [4.69, 9.17) is 19.4 Å². The second kappa shape index (κ2) is 10.6. The molecule has 0 spiro atoms. The summed E-state index contributed by atoms with van der Waals surface area (Å²) < 4.78 is 43.4. The van der Waals surface area contributed by atoms with Gasteiger partial charge in [-0.05, 0) is 31.4 Å². The molecule has 168 valence electrons. The van der Waals surface area contributed by atoms with Crippen LogP contribution in [-0.2, 0) is 19.1 Å². The largest absolute Gasteiger partial charge is 0.490 e. The second-order valence-electron chi connectivity index (χ2n) is 7.22. The van der Waals surface area contributed by atoms with Gasteiger partial charge in [-0.3, -0.25) is 4.79 Å². The molecule has 2 aliphatic rings. The Labute approximate surface area is 172 Å². The summed E-state index contributed by atoms with van der Waals surface area (Å²) in [5.74, 6) is -1.73. The highest BCUT2D eigenvalue weighted by atomic mass is 19.4. The third-order valence-corrected chi connectivity index (χ3v) is 4.85. The zero-order valence-electron chi connectivity index (χ0n) is 16.8. The van der Waals surface area contributed by atoms with E-state index in [0.717, 1.165) is 31.6 Å². The number of likely N-dealkylation sites (N-methyl/N-ethyl adjacent to an activating group) is 1. The van der Waals surface area contributed by atoms with Crippen LogP contribution in [-0.4, -0.2) is 85.1 Å². The number of amides is 1. The number of carboxylic acid groups (broad SMARTS) is 1. The summed E-state index contributed by atoms with van der Waals surface area (Å²) in [7, 11) is 3.47. The quantitative estimate of drug-likeness (QED) is 0.759. The zero-order chi connectivity index (χ0) is 22.3. The van der Waals surface area contributed by atoms with Crippen LogP contribution in [0.25, 0.3) is 0 Å². The summed E-state index contributed by atoms with van der Waals surface area (Å²) in [6, 6.07) is 6.43. The van der Waals surface area contributed by atoms with E-state index < -0.39 is 12.1 Å². The number of carboxylic acids is 1. The van der Waals surface area contributed by atoms with Crippen LogP contribution in [0.1, 0.15) is 19.3 Å². The lowest BCUT2D eigenvalue weighted by atomic mass is 9.99. The van der Waals surface area contributed by atoms with Gasteiger partial charge in [0.15, 0.2) is 0 Å². The van der Waals surface area contributed by atoms with Gasteiger partial charge in [0.2, 0.25) is 5.91 Å². The number of alkyl halides is 3. The summed E-state index contributed by atoms with van der Waals surface area (Å²) in [6.45, 7) is 1.60. The number of hydrogen-bond donors (Lipinski definition) is 1. The van der Waals surface area contributed by atoms with E-state index >= 15 is 0 Å². The average molecular weight is 433 g/mol. The second-order valence-corrected chi connectivity index (χ2v) is 7.22. The SMILES string of the molecule is CN(C)C(=O)COC[C@@H]1CC[C@H]2[C@H](CCN2c2ccccn2)O1.O=C(O)C(F)(F)F. The Morgan fingerprint density at radius 2 is 2.00 bits per heavy atom. The molecule has 0 saturated carbocycles. The number of fused-ring (bicyclic) bond motifs is 1. The summed E-state index contributed by atoms with van der Waals surface area (Å²) in [5, 5.41) is 7.12. The minimum atomic E-state index is -5.08. The first-order chi connectivity index (χ1) is 14.1. The van der Waals surface area contributed by atoms with Gasteiger partial charge < -0.3 is 24.4 Å². The molecular weight excluding hydrogens is 407 g/mol. The minimum Gasteiger partial charge on any atom is -0.475 e. The van der Waals surface area contributed by atoms with Gasteiger partial charge in [0, 0.05) is 26.8 Å². The maximum Gasteiger partial charge on any atom is 0.490 e. The number of rotatable bonds is 5. The molecule has 30 heavy (non-hydrogen) atoms. The van der Waals surface area contributed by atoms with E-state index in [0.29, 0.717) is 12.6 Å². The predicted octanol–water partition coefficient (Wildman–Crippen LogP) is 1.95. The molecular formula is C19H26F3N3O5. The van der Waals surface area contributed by atoms with Crippen LogP contribution in [0.5, 0.6) is 0 Å². The fourth-order valence-electron chi connectivity index (χ4n) is 3.34. The zero-order valence-corrected chi connectivity index (χ0v) is 16.8. The third-order valence-electron chi connectivity index (χ3n) is 4.85. The van der Waals surface area contributed by atoms with Gasteiger partial charge >= 0.3 is 12.1 Å². The van der Waals surface area contributed by atoms with Crippen LogP contribution in [0.15, 0.2) is 24.4 Å². The van der Waals surface area contributed by atoms with Crippen molar-refractivity contribution in [3.05, 3.63) is 24.4 Å². The first-order valence-corrected chi connectivity index (χ1v) is 9.50. The third kappa shape index (κ3) is 6.84. The number of carbonyl (C=O) groups is 2. The lowest BCUT2D eigenvalue weighted by Gasteiger charge is -2.36. The van der Waals surface area contributed by atoms with Gasteiger partial charge in [0.25, 0.3) is 0 Å². The van der Waals surface area contributed by atoms with Crippen LogP contribution < -0.4 is 4.90 Å². The smallest absolute Gasteiger partial charge is 0.475 e. The van der Waals surface area contributed by atoms with Crippen molar-refractivity contribution in [3.8, 4) is 0 Å². The van der Waals surface area contributed by atoms with E-state index in [2.05, 4.69) is 16.0 Å². The van der Waals surface area contributed by atoms with Crippen molar-refractivity contribution in [3.63, 3.8) is 0 Å². The maximum atomic E-state index is 11.5. The Hall–Kier alpha value is -2.40. The average Bonchev–Trinajstić information content (AvgIpc) is 3.11. The van der Waals surface area contributed by atoms with Gasteiger partial charge in [-0.2, -0.15) is 13.2 Å². The maximum absolute atomic E-state index is 11.5. The number of carbonyl (C=O) groups excluding carboxylic acids is 1. The van der Waals surface area contributed by atoms with Crippen molar-refractivity contribution < 1.29 is 37.3 Å². The molecule has 0 unspecified atom stereocenters. The van der Waals surface area contributed by atoms with E-state index in [1.807, 2.05) is 18.3 Å². The molecule has 2 aliphatic heterocycles. The Kier molecular flexibility index (Phi) is 8.42. The topological polar surface area (TPSA) is 92.2 Å². The fraction of sp³-hybridized carbons (Fsp3) is 0.632. The number of pyridine rings is 1. The summed E-state index contributed by atoms with van der Waals surface area (Å²) >= 11 is 0. The molecule has 8 nitrogen and oxygen atoms in total. The van der Waals surface area contributed by atoms with E-state index in [1.165, 1.54) is 0 Å². The normalized spacial score (nSPS) is 23.2. The highest BCUT2D eigenvalue weighted by Crippen LogP contribution is 2.33. The highest BCUT2D eigenvalue weighted by molar-refractivity contribution is 5.76. The van der Waals surface area contributed by atoms with Crippen LogP contribution in [0.4, 0.5) is 19.0 Å². The molecule has 1 amide bonds. The molecule has 1 aromatic rings. The van der Waals surface area contributed by atoms with Crippen molar-refractivity contribution in [1.29, 1.82) is 0 Å². The number of hydrogen-bond acceptors (Lipinski definition) is 6. The Balaban J connectivity index is 0.000000396. The number of anilines is 1. The monoisotopic (exact) mass is 433 g/mol. The van der Waals surface area contributed by atoms with Crippen molar-refractivity contribution in [2.24, 2.45) is 0 Å². The first kappa shape index (κ1) is 23.9. The van der Waals surface area contributed by atoms with E-state index in [9.17, 15) is 18.0 Å². The number of nitrogens with zero attached hydrogens (tertiary/aromatic N) is 3. The van der Waals surface area contributed by atoms with Gasteiger partial charge in [-0.15, -0.1) is 0 Å². The lowest BCUT2D eigenvalue weighted by molar-refractivity contribution is -0.192. The van der Waals surface area contributed by atoms with Crippen molar-refractivity contribution in [1.82, 2.24) is 9.88 Å². The van der Waals surface area contributed by atoms with E-state index in [1.54, 1.807) is 19.0 Å². The van der Waals surface area contributed by atoms with E-state index in [-0.39, 0.29) is 24.7 Å². The molecule has 0 aromatic carbocycles. The number of aliphatic carboxylic acids is 1. The fourth-order valence-corrected chi connectivity index (χ4v) is 3.34. The van der Waals surface area contributed by atoms with Gasteiger partial charge in [0.1, 0.15) is 12.4 Å². The Bertz CT molecular complexity index is 702. The van der Waals surface area contributed by atoms with Crippen LogP contribution in [0, 0.1) is 0 Å². The first-order valence-electron chi connectivity index (χ1n) is 9.50. The number of aromatic nitrogens is 1. The molecule has 11 heteroatoms. The highest BCUT2D eigenvalue weighted by Gasteiger charge is 2.40. The van der Waals surface area contributed by atoms with Crippen LogP contribution in [0.3, 0.4) is 0 Å². The summed E-state index contributed by atoms with van der Waals surface area (Å²) in [5.41, 5.74) is 0. The van der Waals surface area contributed by atoms with Crippen molar-refractivity contribution in [2.45, 2.75) is 43.7 Å². The number of halogens is 3. The number of ether oxygens (including phenoxy) is 2. The van der Waals surface area contributed by atoms with Gasteiger partial charge in [-0.1, -0.05) is 6.07 Å². The molecule has 3 heterocycles. The van der Waals surface area contributed by atoms with Gasteiger partial charge in [-0.25, -0.2) is 9.78 Å². The molecule has 1 N–H and O–H groups in total. The molecule has 2 saturated heterocycles. The molecule has 3 rings (SSSR count).